The summed E-state index contributed by atoms with van der Waals surface area (Å²) in [6, 6.07) is 16.0. The van der Waals surface area contributed by atoms with Gasteiger partial charge in [0, 0.05) is 17.3 Å². The highest BCUT2D eigenvalue weighted by molar-refractivity contribution is 6.42. The Labute approximate surface area is 173 Å². The molecule has 1 N–H and O–H groups in total. The molecule has 0 aliphatic carbocycles. The number of amides is 1. The Morgan fingerprint density at radius 1 is 1.04 bits per heavy atom. The van der Waals surface area contributed by atoms with Gasteiger partial charge in [0.2, 0.25) is 0 Å². The van der Waals surface area contributed by atoms with Gasteiger partial charge in [0.05, 0.1) is 10.0 Å². The van der Waals surface area contributed by atoms with Crippen LogP contribution in [-0.4, -0.2) is 5.91 Å². The van der Waals surface area contributed by atoms with E-state index in [-0.39, 0.29) is 5.57 Å². The second-order valence-corrected chi connectivity index (χ2v) is 7.07. The third kappa shape index (κ3) is 4.45. The van der Waals surface area contributed by atoms with E-state index in [0.29, 0.717) is 27.3 Å². The molecule has 3 aromatic rings. The maximum atomic E-state index is 12.4. The molecule has 4 nitrogen and oxygen atoms in total. The van der Waals surface area contributed by atoms with Crippen molar-refractivity contribution in [2.75, 3.05) is 5.32 Å². The number of rotatable bonds is 4. The van der Waals surface area contributed by atoms with Gasteiger partial charge in [-0.3, -0.25) is 4.79 Å². The maximum absolute atomic E-state index is 12.4. The largest absolute Gasteiger partial charge is 0.457 e. The lowest BCUT2D eigenvalue weighted by Gasteiger charge is -2.06. The molecule has 0 spiro atoms. The molecule has 0 aliphatic rings. The van der Waals surface area contributed by atoms with Crippen molar-refractivity contribution in [1.82, 2.24) is 0 Å². The molecule has 28 heavy (non-hydrogen) atoms. The summed E-state index contributed by atoms with van der Waals surface area (Å²) in [4.78, 5) is 12.4. The normalized spacial score (nSPS) is 11.2. The van der Waals surface area contributed by atoms with Gasteiger partial charge in [0.15, 0.2) is 0 Å². The Kier molecular flexibility index (Phi) is 5.89. The molecular weight excluding hydrogens is 395 g/mol. The van der Waals surface area contributed by atoms with E-state index in [1.165, 1.54) is 6.08 Å². The van der Waals surface area contributed by atoms with Crippen LogP contribution in [0.4, 0.5) is 5.69 Å². The topological polar surface area (TPSA) is 66.0 Å². The molecule has 0 radical (unpaired) electrons. The molecule has 0 fully saturated rings. The molecule has 0 aliphatic heterocycles. The van der Waals surface area contributed by atoms with Gasteiger partial charge in [-0.2, -0.15) is 5.26 Å². The Morgan fingerprint density at radius 3 is 2.50 bits per heavy atom. The Bertz CT molecular complexity index is 1120. The highest BCUT2D eigenvalue weighted by atomic mass is 35.5. The average Bonchev–Trinajstić information content (AvgIpc) is 3.13. The van der Waals surface area contributed by atoms with E-state index in [1.807, 2.05) is 32.0 Å². The summed E-state index contributed by atoms with van der Waals surface area (Å²) >= 11 is 12.0. The fourth-order valence-corrected chi connectivity index (χ4v) is 2.84. The molecule has 0 saturated carbocycles. The fourth-order valence-electron chi connectivity index (χ4n) is 2.54. The van der Waals surface area contributed by atoms with Crippen molar-refractivity contribution in [3.63, 3.8) is 0 Å². The van der Waals surface area contributed by atoms with Gasteiger partial charge in [-0.1, -0.05) is 29.3 Å². The number of carbonyl (C=O) groups is 1. The predicted molar refractivity (Wildman–Crippen MR) is 112 cm³/mol. The number of nitriles is 1. The number of aryl methyl sites for hydroxylation is 2. The first-order valence-electron chi connectivity index (χ1n) is 8.43. The number of hydrogen-bond acceptors (Lipinski definition) is 3. The smallest absolute Gasteiger partial charge is 0.266 e. The minimum atomic E-state index is -0.502. The van der Waals surface area contributed by atoms with E-state index in [4.69, 9.17) is 27.6 Å². The number of nitrogens with one attached hydrogen (secondary N) is 1. The van der Waals surface area contributed by atoms with Crippen molar-refractivity contribution in [1.29, 1.82) is 5.26 Å². The van der Waals surface area contributed by atoms with Gasteiger partial charge >= 0.3 is 0 Å². The van der Waals surface area contributed by atoms with Crippen molar-refractivity contribution in [3.8, 4) is 17.4 Å². The van der Waals surface area contributed by atoms with Crippen LogP contribution in [0.3, 0.4) is 0 Å². The van der Waals surface area contributed by atoms with Crippen LogP contribution < -0.4 is 5.32 Å². The van der Waals surface area contributed by atoms with Crippen LogP contribution in [0.25, 0.3) is 17.4 Å². The maximum Gasteiger partial charge on any atom is 0.266 e. The summed E-state index contributed by atoms with van der Waals surface area (Å²) in [5, 5.41) is 13.0. The minimum Gasteiger partial charge on any atom is -0.457 e. The zero-order valence-electron chi connectivity index (χ0n) is 15.2. The third-order valence-electron chi connectivity index (χ3n) is 4.25. The van der Waals surface area contributed by atoms with E-state index in [9.17, 15) is 10.1 Å². The van der Waals surface area contributed by atoms with Crippen LogP contribution in [0.15, 0.2) is 58.5 Å². The average molecular weight is 411 g/mol. The molecule has 2 aromatic carbocycles. The van der Waals surface area contributed by atoms with E-state index in [2.05, 4.69) is 5.32 Å². The highest BCUT2D eigenvalue weighted by Gasteiger charge is 2.12. The number of nitrogens with zero attached hydrogens (tertiary/aromatic N) is 1. The zero-order chi connectivity index (χ0) is 20.3. The SMILES string of the molecule is Cc1ccc(NC(=O)/C(C#N)=C/c2ccc(-c3ccc(Cl)c(Cl)c3)o2)cc1C. The van der Waals surface area contributed by atoms with Gasteiger partial charge < -0.3 is 9.73 Å². The van der Waals surface area contributed by atoms with Crippen molar-refractivity contribution in [3.05, 3.63) is 81.0 Å². The molecule has 3 rings (SSSR count). The summed E-state index contributed by atoms with van der Waals surface area (Å²) in [7, 11) is 0. The summed E-state index contributed by atoms with van der Waals surface area (Å²) in [5.74, 6) is 0.433. The van der Waals surface area contributed by atoms with E-state index < -0.39 is 5.91 Å². The first kappa shape index (κ1) is 19.8. The standard InChI is InChI=1S/C22H16Cl2N2O2/c1-13-3-5-17(9-14(13)2)26-22(27)16(12-25)10-18-6-8-21(28-18)15-4-7-19(23)20(24)11-15/h3-11H,1-2H3,(H,26,27)/b16-10+. The Morgan fingerprint density at radius 2 is 1.82 bits per heavy atom. The number of hydrogen-bond donors (Lipinski definition) is 1. The van der Waals surface area contributed by atoms with Gasteiger partial charge in [-0.15, -0.1) is 0 Å². The minimum absolute atomic E-state index is 0.0618. The van der Waals surface area contributed by atoms with Crippen LogP contribution in [0.5, 0.6) is 0 Å². The molecule has 0 unspecified atom stereocenters. The molecule has 0 bridgehead atoms. The van der Waals surface area contributed by atoms with Gasteiger partial charge in [-0.05, 0) is 67.4 Å². The summed E-state index contributed by atoms with van der Waals surface area (Å²) in [6.45, 7) is 3.95. The lowest BCUT2D eigenvalue weighted by molar-refractivity contribution is -0.112. The summed E-state index contributed by atoms with van der Waals surface area (Å²) in [6.07, 6.45) is 1.40. The van der Waals surface area contributed by atoms with Crippen molar-refractivity contribution >= 4 is 40.9 Å². The van der Waals surface area contributed by atoms with Crippen LogP contribution in [-0.2, 0) is 4.79 Å². The van der Waals surface area contributed by atoms with E-state index in [0.717, 1.165) is 16.7 Å². The van der Waals surface area contributed by atoms with Crippen LogP contribution in [0, 0.1) is 25.2 Å². The number of anilines is 1. The lowest BCUT2D eigenvalue weighted by atomic mass is 10.1. The Hall–Kier alpha value is -3.00. The van der Waals surface area contributed by atoms with Crippen molar-refractivity contribution in [2.24, 2.45) is 0 Å². The zero-order valence-corrected chi connectivity index (χ0v) is 16.7. The predicted octanol–water partition coefficient (Wildman–Crippen LogP) is 6.42. The third-order valence-corrected chi connectivity index (χ3v) is 4.99. The summed E-state index contributed by atoms with van der Waals surface area (Å²) < 4.78 is 5.72. The van der Waals surface area contributed by atoms with E-state index in [1.54, 1.807) is 36.4 Å². The number of halogens is 2. The van der Waals surface area contributed by atoms with Crippen molar-refractivity contribution < 1.29 is 9.21 Å². The van der Waals surface area contributed by atoms with Crippen LogP contribution >= 0.6 is 23.2 Å². The molecule has 1 amide bonds. The molecule has 6 heteroatoms. The second kappa shape index (κ2) is 8.35. The van der Waals surface area contributed by atoms with Crippen LogP contribution in [0.1, 0.15) is 16.9 Å². The molecule has 0 saturated heterocycles. The summed E-state index contributed by atoms with van der Waals surface area (Å²) in [5.41, 5.74) is 3.49. The Balaban J connectivity index is 1.81. The monoisotopic (exact) mass is 410 g/mol. The molecule has 0 atom stereocenters. The van der Waals surface area contributed by atoms with Crippen molar-refractivity contribution in [2.45, 2.75) is 13.8 Å². The first-order chi connectivity index (χ1) is 13.4. The number of benzene rings is 2. The van der Waals surface area contributed by atoms with E-state index >= 15 is 0 Å². The quantitative estimate of drug-likeness (QED) is 0.398. The first-order valence-corrected chi connectivity index (χ1v) is 9.18. The molecule has 1 aromatic heterocycles. The van der Waals surface area contributed by atoms with Gasteiger partial charge in [-0.25, -0.2) is 0 Å². The number of furan rings is 1. The molecule has 1 heterocycles. The van der Waals surface area contributed by atoms with Gasteiger partial charge in [0.25, 0.3) is 5.91 Å². The fraction of sp³-hybridized carbons (Fsp3) is 0.0909. The second-order valence-electron chi connectivity index (χ2n) is 6.25. The number of carbonyl (C=O) groups excluding carboxylic acids is 1. The van der Waals surface area contributed by atoms with Gasteiger partial charge in [0.1, 0.15) is 23.2 Å². The molecule has 140 valence electrons. The van der Waals surface area contributed by atoms with Crippen LogP contribution in [0.2, 0.25) is 10.0 Å². The molecular formula is C22H16Cl2N2O2. The highest BCUT2D eigenvalue weighted by Crippen LogP contribution is 2.30. The lowest BCUT2D eigenvalue weighted by Crippen LogP contribution is -2.13.